The van der Waals surface area contributed by atoms with Crippen LogP contribution in [0.4, 0.5) is 0 Å². The molecule has 18 heavy (non-hydrogen) atoms. The minimum Gasteiger partial charge on any atom is -0.492 e. The SMILES string of the molecule is N#Cc1cccc(OCC(N)c2ccccc2)c1. The standard InChI is InChI=1S/C15H14N2O/c16-10-12-5-4-8-14(9-12)18-11-15(17)13-6-2-1-3-7-13/h1-9,15H,11,17H2. The van der Waals surface area contributed by atoms with Gasteiger partial charge in [-0.15, -0.1) is 0 Å². The van der Waals surface area contributed by atoms with Gasteiger partial charge in [0, 0.05) is 0 Å². The normalized spacial score (nSPS) is 11.6. The summed E-state index contributed by atoms with van der Waals surface area (Å²) in [7, 11) is 0. The second kappa shape index (κ2) is 5.85. The Bertz CT molecular complexity index is 546. The Kier molecular flexibility index (Phi) is 3.95. The number of benzene rings is 2. The third kappa shape index (κ3) is 3.09. The van der Waals surface area contributed by atoms with Gasteiger partial charge in [0.1, 0.15) is 12.4 Å². The summed E-state index contributed by atoms with van der Waals surface area (Å²) in [5.74, 6) is 0.667. The molecule has 0 spiro atoms. The zero-order valence-electron chi connectivity index (χ0n) is 9.91. The summed E-state index contributed by atoms with van der Waals surface area (Å²) in [6.07, 6.45) is 0. The largest absolute Gasteiger partial charge is 0.492 e. The third-order valence-corrected chi connectivity index (χ3v) is 2.62. The molecule has 3 heteroatoms. The number of hydrogen-bond donors (Lipinski definition) is 1. The van der Waals surface area contributed by atoms with Gasteiger partial charge in [-0.2, -0.15) is 5.26 Å². The lowest BCUT2D eigenvalue weighted by atomic mass is 10.1. The summed E-state index contributed by atoms with van der Waals surface area (Å²) in [5, 5.41) is 8.79. The first kappa shape index (κ1) is 12.2. The third-order valence-electron chi connectivity index (χ3n) is 2.62. The van der Waals surface area contributed by atoms with Crippen molar-refractivity contribution in [2.45, 2.75) is 6.04 Å². The highest BCUT2D eigenvalue weighted by Gasteiger charge is 2.06. The van der Waals surface area contributed by atoms with Crippen LogP contribution in [0.2, 0.25) is 0 Å². The fraction of sp³-hybridized carbons (Fsp3) is 0.133. The van der Waals surface area contributed by atoms with Gasteiger partial charge in [0.15, 0.2) is 0 Å². The summed E-state index contributed by atoms with van der Waals surface area (Å²) < 4.78 is 5.59. The number of nitrogens with two attached hydrogens (primary N) is 1. The highest BCUT2D eigenvalue weighted by atomic mass is 16.5. The van der Waals surface area contributed by atoms with Crippen LogP contribution >= 0.6 is 0 Å². The average molecular weight is 238 g/mol. The molecule has 0 aromatic heterocycles. The molecule has 2 rings (SSSR count). The fourth-order valence-corrected chi connectivity index (χ4v) is 1.64. The predicted octanol–water partition coefficient (Wildman–Crippen LogP) is 2.64. The Morgan fingerprint density at radius 1 is 1.11 bits per heavy atom. The molecule has 0 radical (unpaired) electrons. The summed E-state index contributed by atoms with van der Waals surface area (Å²) >= 11 is 0. The van der Waals surface area contributed by atoms with E-state index in [4.69, 9.17) is 15.7 Å². The molecular formula is C15H14N2O. The molecule has 0 saturated carbocycles. The summed E-state index contributed by atoms with van der Waals surface area (Å²) in [4.78, 5) is 0. The topological polar surface area (TPSA) is 59.0 Å². The molecule has 0 aliphatic carbocycles. The minimum absolute atomic E-state index is 0.169. The van der Waals surface area contributed by atoms with Crippen molar-refractivity contribution in [2.75, 3.05) is 6.61 Å². The number of rotatable bonds is 4. The maximum absolute atomic E-state index is 8.79. The lowest BCUT2D eigenvalue weighted by Crippen LogP contribution is -2.18. The molecule has 1 unspecified atom stereocenters. The van der Waals surface area contributed by atoms with E-state index in [9.17, 15) is 0 Å². The van der Waals surface area contributed by atoms with E-state index >= 15 is 0 Å². The van der Waals surface area contributed by atoms with Gasteiger partial charge in [-0.3, -0.25) is 0 Å². The van der Waals surface area contributed by atoms with E-state index in [1.807, 2.05) is 36.4 Å². The van der Waals surface area contributed by atoms with Crippen molar-refractivity contribution >= 4 is 0 Å². The first-order chi connectivity index (χ1) is 8.79. The highest BCUT2D eigenvalue weighted by Crippen LogP contribution is 2.15. The first-order valence-corrected chi connectivity index (χ1v) is 5.73. The first-order valence-electron chi connectivity index (χ1n) is 5.73. The molecule has 0 heterocycles. The minimum atomic E-state index is -0.169. The van der Waals surface area contributed by atoms with Crippen molar-refractivity contribution in [1.29, 1.82) is 5.26 Å². The van der Waals surface area contributed by atoms with Gasteiger partial charge in [0.25, 0.3) is 0 Å². The summed E-state index contributed by atoms with van der Waals surface area (Å²) in [6.45, 7) is 0.388. The van der Waals surface area contributed by atoms with Crippen LogP contribution in [0, 0.1) is 11.3 Å². The van der Waals surface area contributed by atoms with Crippen LogP contribution in [0.25, 0.3) is 0 Å². The zero-order chi connectivity index (χ0) is 12.8. The lowest BCUT2D eigenvalue weighted by molar-refractivity contribution is 0.290. The van der Waals surface area contributed by atoms with E-state index in [0.29, 0.717) is 17.9 Å². The molecule has 0 aliphatic heterocycles. The van der Waals surface area contributed by atoms with Crippen LogP contribution in [0.5, 0.6) is 5.75 Å². The van der Waals surface area contributed by atoms with Crippen molar-refractivity contribution in [3.05, 3.63) is 65.7 Å². The van der Waals surface area contributed by atoms with Gasteiger partial charge in [0.2, 0.25) is 0 Å². The van der Waals surface area contributed by atoms with E-state index in [1.54, 1.807) is 18.2 Å². The smallest absolute Gasteiger partial charge is 0.120 e. The molecule has 0 aliphatic rings. The van der Waals surface area contributed by atoms with Crippen LogP contribution in [0.3, 0.4) is 0 Å². The Balaban J connectivity index is 1.97. The van der Waals surface area contributed by atoms with Crippen molar-refractivity contribution < 1.29 is 4.74 Å². The second-order valence-electron chi connectivity index (χ2n) is 3.97. The van der Waals surface area contributed by atoms with E-state index in [2.05, 4.69) is 6.07 Å². The van der Waals surface area contributed by atoms with E-state index < -0.39 is 0 Å². The predicted molar refractivity (Wildman–Crippen MR) is 70.0 cm³/mol. The van der Waals surface area contributed by atoms with Crippen LogP contribution in [0.15, 0.2) is 54.6 Å². The van der Waals surface area contributed by atoms with Crippen LogP contribution in [0.1, 0.15) is 17.2 Å². The number of nitriles is 1. The zero-order valence-corrected chi connectivity index (χ0v) is 9.91. The fourth-order valence-electron chi connectivity index (χ4n) is 1.64. The van der Waals surface area contributed by atoms with Crippen LogP contribution in [-0.4, -0.2) is 6.61 Å². The Labute approximate surface area is 106 Å². The molecule has 3 nitrogen and oxygen atoms in total. The highest BCUT2D eigenvalue weighted by molar-refractivity contribution is 5.36. The molecule has 90 valence electrons. The van der Waals surface area contributed by atoms with Crippen molar-refractivity contribution in [2.24, 2.45) is 5.73 Å². The van der Waals surface area contributed by atoms with Crippen molar-refractivity contribution in [1.82, 2.24) is 0 Å². The Morgan fingerprint density at radius 3 is 2.61 bits per heavy atom. The quantitative estimate of drug-likeness (QED) is 0.890. The maximum atomic E-state index is 8.79. The van der Waals surface area contributed by atoms with Crippen molar-refractivity contribution in [3.8, 4) is 11.8 Å². The second-order valence-corrected chi connectivity index (χ2v) is 3.97. The van der Waals surface area contributed by atoms with Gasteiger partial charge < -0.3 is 10.5 Å². The molecule has 2 aromatic carbocycles. The Morgan fingerprint density at radius 2 is 1.89 bits per heavy atom. The van der Waals surface area contributed by atoms with Gasteiger partial charge in [-0.25, -0.2) is 0 Å². The van der Waals surface area contributed by atoms with Gasteiger partial charge in [-0.05, 0) is 23.8 Å². The molecule has 0 fully saturated rings. The number of ether oxygens (including phenoxy) is 1. The van der Waals surface area contributed by atoms with Gasteiger partial charge in [0.05, 0.1) is 17.7 Å². The molecule has 0 bridgehead atoms. The lowest BCUT2D eigenvalue weighted by Gasteiger charge is -2.13. The van der Waals surface area contributed by atoms with E-state index in [0.717, 1.165) is 5.56 Å². The summed E-state index contributed by atoms with van der Waals surface area (Å²) in [6, 6.07) is 18.8. The van der Waals surface area contributed by atoms with Crippen LogP contribution in [-0.2, 0) is 0 Å². The molecule has 2 N–H and O–H groups in total. The number of nitrogens with zero attached hydrogens (tertiary/aromatic N) is 1. The molecule has 1 atom stereocenters. The molecule has 0 saturated heterocycles. The maximum Gasteiger partial charge on any atom is 0.120 e. The average Bonchev–Trinajstić information content (AvgIpc) is 2.46. The molecular weight excluding hydrogens is 224 g/mol. The number of hydrogen-bond acceptors (Lipinski definition) is 3. The Hall–Kier alpha value is -2.31. The van der Waals surface area contributed by atoms with Crippen LogP contribution < -0.4 is 10.5 Å². The van der Waals surface area contributed by atoms with Crippen molar-refractivity contribution in [3.63, 3.8) is 0 Å². The molecule has 0 amide bonds. The van der Waals surface area contributed by atoms with Gasteiger partial charge >= 0.3 is 0 Å². The monoisotopic (exact) mass is 238 g/mol. The summed E-state index contributed by atoms with van der Waals surface area (Å²) in [5.41, 5.74) is 7.64. The molecule has 2 aromatic rings. The van der Waals surface area contributed by atoms with Gasteiger partial charge in [-0.1, -0.05) is 36.4 Å². The van der Waals surface area contributed by atoms with E-state index in [1.165, 1.54) is 0 Å². The van der Waals surface area contributed by atoms with E-state index in [-0.39, 0.29) is 6.04 Å².